The molecular formula is C9H16N2O. The van der Waals surface area contributed by atoms with Gasteiger partial charge >= 0.3 is 0 Å². The Hall–Kier alpha value is -1.01. The van der Waals surface area contributed by atoms with Crippen molar-refractivity contribution in [2.45, 2.75) is 19.3 Å². The molecule has 0 saturated heterocycles. The summed E-state index contributed by atoms with van der Waals surface area (Å²) in [5, 5.41) is 5.71. The molecule has 3 nitrogen and oxygen atoms in total. The molecule has 0 aliphatic carbocycles. The van der Waals surface area contributed by atoms with E-state index in [0.717, 1.165) is 13.0 Å². The van der Waals surface area contributed by atoms with Gasteiger partial charge < -0.3 is 10.6 Å². The highest BCUT2D eigenvalue weighted by Gasteiger charge is 1.97. The average molecular weight is 168 g/mol. The first-order chi connectivity index (χ1) is 5.81. The maximum atomic E-state index is 11.0. The van der Waals surface area contributed by atoms with Crippen LogP contribution in [0.15, 0.2) is 0 Å². The Kier molecular flexibility index (Phi) is 7.41. The third-order valence-electron chi connectivity index (χ3n) is 1.42. The lowest BCUT2D eigenvalue weighted by Gasteiger charge is -2.01. The van der Waals surface area contributed by atoms with Crippen LogP contribution in [0.25, 0.3) is 0 Å². The number of nitrogens with one attached hydrogen (secondary N) is 2. The van der Waals surface area contributed by atoms with Crippen LogP contribution in [0.2, 0.25) is 0 Å². The quantitative estimate of drug-likeness (QED) is 0.437. The molecule has 0 unspecified atom stereocenters. The maximum absolute atomic E-state index is 11.0. The molecule has 0 aromatic carbocycles. The van der Waals surface area contributed by atoms with Crippen LogP contribution in [-0.4, -0.2) is 26.0 Å². The second-order valence-electron chi connectivity index (χ2n) is 2.51. The van der Waals surface area contributed by atoms with E-state index in [9.17, 15) is 4.79 Å². The Bertz CT molecular complexity index is 160. The first-order valence-corrected chi connectivity index (χ1v) is 4.16. The molecule has 0 saturated carbocycles. The molecule has 1 amide bonds. The molecule has 0 fully saturated rings. The molecule has 0 aromatic rings. The van der Waals surface area contributed by atoms with Crippen molar-refractivity contribution in [3.05, 3.63) is 0 Å². The van der Waals surface area contributed by atoms with Crippen molar-refractivity contribution in [3.8, 4) is 12.3 Å². The highest BCUT2D eigenvalue weighted by Crippen LogP contribution is 1.86. The van der Waals surface area contributed by atoms with Crippen LogP contribution in [0.1, 0.15) is 19.3 Å². The third-order valence-corrected chi connectivity index (χ3v) is 1.42. The number of carbonyl (C=O) groups is 1. The van der Waals surface area contributed by atoms with Gasteiger partial charge in [-0.15, -0.1) is 12.3 Å². The van der Waals surface area contributed by atoms with Gasteiger partial charge in [0.25, 0.3) is 0 Å². The van der Waals surface area contributed by atoms with Gasteiger partial charge in [0.2, 0.25) is 5.91 Å². The zero-order chi connectivity index (χ0) is 9.23. The molecule has 0 aliphatic rings. The number of hydrogen-bond donors (Lipinski definition) is 2. The predicted octanol–water partition coefficient (Wildman–Crippen LogP) is 0.126. The summed E-state index contributed by atoms with van der Waals surface area (Å²) in [5.74, 6) is 2.55. The normalized spacial score (nSPS) is 9.00. The fourth-order valence-electron chi connectivity index (χ4n) is 0.788. The van der Waals surface area contributed by atoms with Crippen LogP contribution in [-0.2, 0) is 4.79 Å². The molecule has 12 heavy (non-hydrogen) atoms. The molecule has 0 heterocycles. The molecule has 2 N–H and O–H groups in total. The molecule has 0 radical (unpaired) electrons. The number of hydrogen-bond acceptors (Lipinski definition) is 2. The van der Waals surface area contributed by atoms with Crippen molar-refractivity contribution in [1.29, 1.82) is 0 Å². The standard InChI is InChI=1S/C9H16N2O/c1-3-4-8-11-9(12)6-5-7-10-2/h1,10H,4-8H2,2H3,(H,11,12). The SMILES string of the molecule is C#CCCNC(=O)CCCNC. The molecule has 0 aliphatic heterocycles. The molecule has 68 valence electrons. The minimum atomic E-state index is 0.0838. The molecule has 0 atom stereocenters. The van der Waals surface area contributed by atoms with Crippen LogP contribution >= 0.6 is 0 Å². The molecule has 3 heteroatoms. The zero-order valence-corrected chi connectivity index (χ0v) is 7.52. The summed E-state index contributed by atoms with van der Waals surface area (Å²) in [4.78, 5) is 11.0. The van der Waals surface area contributed by atoms with E-state index < -0.39 is 0 Å². The largest absolute Gasteiger partial charge is 0.355 e. The van der Waals surface area contributed by atoms with E-state index in [4.69, 9.17) is 6.42 Å². The second kappa shape index (κ2) is 8.09. The van der Waals surface area contributed by atoms with Gasteiger partial charge in [-0.3, -0.25) is 4.79 Å². The van der Waals surface area contributed by atoms with Crippen LogP contribution in [0.3, 0.4) is 0 Å². The maximum Gasteiger partial charge on any atom is 0.220 e. The third kappa shape index (κ3) is 7.10. The fraction of sp³-hybridized carbons (Fsp3) is 0.667. The minimum Gasteiger partial charge on any atom is -0.355 e. The summed E-state index contributed by atoms with van der Waals surface area (Å²) >= 11 is 0. The van der Waals surface area contributed by atoms with E-state index >= 15 is 0 Å². The Morgan fingerprint density at radius 3 is 2.83 bits per heavy atom. The van der Waals surface area contributed by atoms with Gasteiger partial charge in [0.15, 0.2) is 0 Å². The zero-order valence-electron chi connectivity index (χ0n) is 7.52. The fourth-order valence-corrected chi connectivity index (χ4v) is 0.788. The lowest BCUT2D eigenvalue weighted by atomic mass is 10.3. The molecule has 0 spiro atoms. The Morgan fingerprint density at radius 1 is 1.50 bits per heavy atom. The molecule has 0 bridgehead atoms. The van der Waals surface area contributed by atoms with Crippen LogP contribution < -0.4 is 10.6 Å². The number of terminal acetylenes is 1. The van der Waals surface area contributed by atoms with Gasteiger partial charge in [0.1, 0.15) is 0 Å². The lowest BCUT2D eigenvalue weighted by Crippen LogP contribution is -2.24. The van der Waals surface area contributed by atoms with Crippen molar-refractivity contribution in [2.75, 3.05) is 20.1 Å². The van der Waals surface area contributed by atoms with Gasteiger partial charge in [0.05, 0.1) is 0 Å². The molecule has 0 aromatic heterocycles. The highest BCUT2D eigenvalue weighted by atomic mass is 16.1. The van der Waals surface area contributed by atoms with Crippen LogP contribution in [0.4, 0.5) is 0 Å². The van der Waals surface area contributed by atoms with Crippen LogP contribution in [0.5, 0.6) is 0 Å². The summed E-state index contributed by atoms with van der Waals surface area (Å²) in [6.07, 6.45) is 7.08. The van der Waals surface area contributed by atoms with Crippen molar-refractivity contribution < 1.29 is 4.79 Å². The highest BCUT2D eigenvalue weighted by molar-refractivity contribution is 5.75. The van der Waals surface area contributed by atoms with E-state index in [-0.39, 0.29) is 5.91 Å². The van der Waals surface area contributed by atoms with Crippen molar-refractivity contribution in [1.82, 2.24) is 10.6 Å². The van der Waals surface area contributed by atoms with Gasteiger partial charge in [0, 0.05) is 19.4 Å². The van der Waals surface area contributed by atoms with Crippen LogP contribution in [0, 0.1) is 12.3 Å². The first kappa shape index (κ1) is 11.0. The smallest absolute Gasteiger partial charge is 0.220 e. The summed E-state index contributed by atoms with van der Waals surface area (Å²) in [6, 6.07) is 0. The van der Waals surface area contributed by atoms with Crippen molar-refractivity contribution in [3.63, 3.8) is 0 Å². The summed E-state index contributed by atoms with van der Waals surface area (Å²) in [5.41, 5.74) is 0. The summed E-state index contributed by atoms with van der Waals surface area (Å²) in [6.45, 7) is 1.47. The van der Waals surface area contributed by atoms with Gasteiger partial charge in [-0.2, -0.15) is 0 Å². The second-order valence-corrected chi connectivity index (χ2v) is 2.51. The monoisotopic (exact) mass is 168 g/mol. The van der Waals surface area contributed by atoms with Gasteiger partial charge in [-0.25, -0.2) is 0 Å². The number of rotatable bonds is 6. The van der Waals surface area contributed by atoms with E-state index in [2.05, 4.69) is 16.6 Å². The Balaban J connectivity index is 3.17. The predicted molar refractivity (Wildman–Crippen MR) is 49.6 cm³/mol. The topological polar surface area (TPSA) is 41.1 Å². The van der Waals surface area contributed by atoms with Gasteiger partial charge in [-0.05, 0) is 20.0 Å². The van der Waals surface area contributed by atoms with Gasteiger partial charge in [-0.1, -0.05) is 0 Å². The Morgan fingerprint density at radius 2 is 2.25 bits per heavy atom. The summed E-state index contributed by atoms with van der Waals surface area (Å²) in [7, 11) is 1.87. The minimum absolute atomic E-state index is 0.0838. The van der Waals surface area contributed by atoms with E-state index in [1.54, 1.807) is 0 Å². The summed E-state index contributed by atoms with van der Waals surface area (Å²) < 4.78 is 0. The van der Waals surface area contributed by atoms with E-state index in [0.29, 0.717) is 19.4 Å². The number of carbonyl (C=O) groups excluding carboxylic acids is 1. The van der Waals surface area contributed by atoms with Crippen molar-refractivity contribution in [2.24, 2.45) is 0 Å². The van der Waals surface area contributed by atoms with E-state index in [1.165, 1.54) is 0 Å². The average Bonchev–Trinajstić information content (AvgIpc) is 2.06. The lowest BCUT2D eigenvalue weighted by molar-refractivity contribution is -0.121. The number of amides is 1. The van der Waals surface area contributed by atoms with E-state index in [1.807, 2.05) is 7.05 Å². The molecular weight excluding hydrogens is 152 g/mol. The Labute approximate surface area is 73.9 Å². The van der Waals surface area contributed by atoms with Crippen molar-refractivity contribution >= 4 is 5.91 Å². The molecule has 0 rings (SSSR count). The first-order valence-electron chi connectivity index (χ1n) is 4.16.